The summed E-state index contributed by atoms with van der Waals surface area (Å²) in [7, 11) is 0. The number of hydrogen-bond donors (Lipinski definition) is 1. The third kappa shape index (κ3) is 4.69. The molecule has 1 N–H and O–H groups in total. The molecule has 0 aliphatic carbocycles. The van der Waals surface area contributed by atoms with E-state index in [-0.39, 0.29) is 6.09 Å². The highest BCUT2D eigenvalue weighted by molar-refractivity contribution is 5.82. The van der Waals surface area contributed by atoms with Crippen molar-refractivity contribution in [2.45, 2.75) is 40.3 Å². The van der Waals surface area contributed by atoms with Crippen molar-refractivity contribution in [1.29, 1.82) is 0 Å². The number of carbonyl (C=O) groups excluding carboxylic acids is 1. The van der Waals surface area contributed by atoms with Gasteiger partial charge in [-0.1, -0.05) is 25.5 Å². The Bertz CT molecular complexity index is 798. The molecular formula is C21H30N4O2. The van der Waals surface area contributed by atoms with Crippen LogP contribution < -0.4 is 10.2 Å². The van der Waals surface area contributed by atoms with Gasteiger partial charge in [-0.2, -0.15) is 0 Å². The van der Waals surface area contributed by atoms with Crippen LogP contribution in [-0.2, 0) is 11.3 Å². The molecule has 6 heteroatoms. The van der Waals surface area contributed by atoms with E-state index in [0.717, 1.165) is 31.0 Å². The van der Waals surface area contributed by atoms with Crippen molar-refractivity contribution in [1.82, 2.24) is 15.2 Å². The first-order valence-electron chi connectivity index (χ1n) is 9.78. The third-order valence-electron chi connectivity index (χ3n) is 4.83. The average molecular weight is 370 g/mol. The van der Waals surface area contributed by atoms with E-state index in [0.29, 0.717) is 25.7 Å². The molecule has 0 unspecified atom stereocenters. The highest BCUT2D eigenvalue weighted by Crippen LogP contribution is 2.26. The molecule has 1 aromatic heterocycles. The van der Waals surface area contributed by atoms with Crippen molar-refractivity contribution in [2.24, 2.45) is 0 Å². The number of carbonyl (C=O) groups is 1. The fraction of sp³-hybridized carbons (Fsp3) is 0.524. The summed E-state index contributed by atoms with van der Waals surface area (Å²) in [5.74, 6) is 1.02. The van der Waals surface area contributed by atoms with Crippen molar-refractivity contribution in [3.8, 4) is 0 Å². The molecule has 1 amide bonds. The van der Waals surface area contributed by atoms with Gasteiger partial charge in [0.2, 0.25) is 0 Å². The monoisotopic (exact) mass is 370 g/mol. The van der Waals surface area contributed by atoms with Crippen LogP contribution in [0.4, 0.5) is 10.6 Å². The van der Waals surface area contributed by atoms with Crippen LogP contribution in [0.2, 0.25) is 0 Å². The molecular weight excluding hydrogens is 340 g/mol. The van der Waals surface area contributed by atoms with Gasteiger partial charge >= 0.3 is 6.09 Å². The summed E-state index contributed by atoms with van der Waals surface area (Å²) in [6.07, 6.45) is -0.221. The summed E-state index contributed by atoms with van der Waals surface area (Å²) >= 11 is 0. The second-order valence-corrected chi connectivity index (χ2v) is 7.38. The summed E-state index contributed by atoms with van der Waals surface area (Å²) < 4.78 is 5.12. The van der Waals surface area contributed by atoms with E-state index in [1.807, 2.05) is 6.92 Å². The van der Waals surface area contributed by atoms with Gasteiger partial charge in [0.05, 0.1) is 12.1 Å². The number of aromatic nitrogens is 1. The second kappa shape index (κ2) is 8.57. The number of nitrogens with one attached hydrogen (secondary N) is 1. The number of nitrogens with zero attached hydrogens (tertiary/aromatic N) is 3. The molecule has 0 spiro atoms. The molecule has 3 rings (SSSR count). The molecule has 1 saturated heterocycles. The van der Waals surface area contributed by atoms with E-state index in [1.54, 1.807) is 4.90 Å². The second-order valence-electron chi connectivity index (χ2n) is 7.38. The number of hydrogen-bond acceptors (Lipinski definition) is 5. The van der Waals surface area contributed by atoms with E-state index in [4.69, 9.17) is 9.72 Å². The lowest BCUT2D eigenvalue weighted by atomic mass is 10.1. The zero-order valence-corrected chi connectivity index (χ0v) is 16.8. The molecule has 6 nitrogen and oxygen atoms in total. The minimum absolute atomic E-state index is 0.221. The van der Waals surface area contributed by atoms with Gasteiger partial charge in [-0.15, -0.1) is 0 Å². The fourth-order valence-corrected chi connectivity index (χ4v) is 3.36. The number of piperazine rings is 1. The van der Waals surface area contributed by atoms with Crippen molar-refractivity contribution >= 4 is 22.8 Å². The Hall–Kier alpha value is -2.34. The summed E-state index contributed by atoms with van der Waals surface area (Å²) in [5, 5.41) is 4.68. The summed E-state index contributed by atoms with van der Waals surface area (Å²) in [6, 6.07) is 9.03. The average Bonchev–Trinajstić information content (AvgIpc) is 2.66. The Morgan fingerprint density at radius 3 is 2.63 bits per heavy atom. The molecule has 1 fully saturated rings. The van der Waals surface area contributed by atoms with E-state index in [9.17, 15) is 4.79 Å². The highest BCUT2D eigenvalue weighted by Gasteiger charge is 2.24. The number of fused-ring (bicyclic) bond motifs is 1. The molecule has 0 atom stereocenters. The van der Waals surface area contributed by atoms with E-state index in [2.05, 4.69) is 55.3 Å². The van der Waals surface area contributed by atoms with Crippen molar-refractivity contribution in [2.75, 3.05) is 37.7 Å². The topological polar surface area (TPSA) is 57.7 Å². The van der Waals surface area contributed by atoms with Gasteiger partial charge in [0.1, 0.15) is 5.82 Å². The van der Waals surface area contributed by atoms with Gasteiger partial charge in [-0.3, -0.25) is 0 Å². The standard InChI is InChI=1S/C21H30N4O2/c1-5-27-21(26)25-10-8-24(9-11-25)20-18(14-22-15(2)3)13-17-12-16(4)6-7-19(17)23-20/h6-7,12-13,15,22H,5,8-11,14H2,1-4H3. The quantitative estimate of drug-likeness (QED) is 0.875. The molecule has 2 aromatic rings. The Labute approximate surface area is 161 Å². The lowest BCUT2D eigenvalue weighted by molar-refractivity contribution is 0.105. The molecule has 1 aliphatic heterocycles. The number of pyridine rings is 1. The Kier molecular flexibility index (Phi) is 6.16. The molecule has 27 heavy (non-hydrogen) atoms. The van der Waals surface area contributed by atoms with Crippen molar-refractivity contribution in [3.63, 3.8) is 0 Å². The van der Waals surface area contributed by atoms with E-state index in [1.165, 1.54) is 16.5 Å². The van der Waals surface area contributed by atoms with Crippen LogP contribution in [0.1, 0.15) is 31.9 Å². The molecule has 1 aromatic carbocycles. The summed E-state index contributed by atoms with van der Waals surface area (Å²) in [6.45, 7) is 12.3. The largest absolute Gasteiger partial charge is 0.450 e. The number of aryl methyl sites for hydroxylation is 1. The fourth-order valence-electron chi connectivity index (χ4n) is 3.36. The molecule has 146 valence electrons. The maximum Gasteiger partial charge on any atom is 0.409 e. The Morgan fingerprint density at radius 1 is 1.22 bits per heavy atom. The summed E-state index contributed by atoms with van der Waals surface area (Å²) in [5.41, 5.74) is 3.45. The minimum atomic E-state index is -0.221. The van der Waals surface area contributed by atoms with Crippen LogP contribution in [0.15, 0.2) is 24.3 Å². The van der Waals surface area contributed by atoms with Gasteiger partial charge < -0.3 is 19.9 Å². The normalized spacial score (nSPS) is 14.9. The smallest absolute Gasteiger partial charge is 0.409 e. The van der Waals surface area contributed by atoms with Crippen LogP contribution in [0.5, 0.6) is 0 Å². The van der Waals surface area contributed by atoms with Crippen LogP contribution in [-0.4, -0.2) is 54.8 Å². The number of benzene rings is 1. The number of amides is 1. The van der Waals surface area contributed by atoms with E-state index >= 15 is 0 Å². The van der Waals surface area contributed by atoms with Gasteiger partial charge in [-0.25, -0.2) is 9.78 Å². The van der Waals surface area contributed by atoms with Gasteiger partial charge in [0, 0.05) is 49.7 Å². The molecule has 1 aliphatic rings. The first-order valence-corrected chi connectivity index (χ1v) is 9.78. The van der Waals surface area contributed by atoms with Crippen molar-refractivity contribution < 1.29 is 9.53 Å². The highest BCUT2D eigenvalue weighted by atomic mass is 16.6. The third-order valence-corrected chi connectivity index (χ3v) is 4.83. The predicted molar refractivity (Wildman–Crippen MR) is 109 cm³/mol. The minimum Gasteiger partial charge on any atom is -0.450 e. The van der Waals surface area contributed by atoms with Crippen LogP contribution >= 0.6 is 0 Å². The maximum atomic E-state index is 12.0. The van der Waals surface area contributed by atoms with Crippen molar-refractivity contribution in [3.05, 3.63) is 35.4 Å². The van der Waals surface area contributed by atoms with Crippen LogP contribution in [0, 0.1) is 6.92 Å². The Morgan fingerprint density at radius 2 is 1.96 bits per heavy atom. The zero-order valence-electron chi connectivity index (χ0n) is 16.8. The van der Waals surface area contributed by atoms with Gasteiger partial charge in [0.15, 0.2) is 0 Å². The zero-order chi connectivity index (χ0) is 19.4. The SMILES string of the molecule is CCOC(=O)N1CCN(c2nc3ccc(C)cc3cc2CNC(C)C)CC1. The molecule has 2 heterocycles. The van der Waals surface area contributed by atoms with Crippen LogP contribution in [0.25, 0.3) is 10.9 Å². The first kappa shape index (κ1) is 19.4. The molecule has 0 radical (unpaired) electrons. The molecule has 0 bridgehead atoms. The first-order chi connectivity index (χ1) is 13.0. The maximum absolute atomic E-state index is 12.0. The van der Waals surface area contributed by atoms with Crippen LogP contribution in [0.3, 0.4) is 0 Å². The summed E-state index contributed by atoms with van der Waals surface area (Å²) in [4.78, 5) is 21.0. The number of anilines is 1. The number of rotatable bonds is 5. The number of ether oxygens (including phenoxy) is 1. The Balaban J connectivity index is 1.84. The lowest BCUT2D eigenvalue weighted by Gasteiger charge is -2.35. The van der Waals surface area contributed by atoms with E-state index < -0.39 is 0 Å². The van der Waals surface area contributed by atoms with Gasteiger partial charge in [-0.05, 0) is 32.0 Å². The predicted octanol–water partition coefficient (Wildman–Crippen LogP) is 3.32. The van der Waals surface area contributed by atoms with Gasteiger partial charge in [0.25, 0.3) is 0 Å². The lowest BCUT2D eigenvalue weighted by Crippen LogP contribution is -2.49. The molecule has 0 saturated carbocycles.